The number of urea groups is 1. The highest BCUT2D eigenvalue weighted by Gasteiger charge is 2.36. The maximum absolute atomic E-state index is 13.5. The van der Waals surface area contributed by atoms with Crippen LogP contribution in [0, 0.1) is 10.1 Å². The van der Waals surface area contributed by atoms with E-state index in [4.69, 9.17) is 0 Å². The highest BCUT2D eigenvalue weighted by molar-refractivity contribution is 5.85. The molecule has 0 bridgehead atoms. The first-order chi connectivity index (χ1) is 15.0. The fourth-order valence-electron chi connectivity index (χ4n) is 3.95. The first-order valence-corrected chi connectivity index (χ1v) is 10.8. The Bertz CT molecular complexity index is 991. The number of fused-ring (bicyclic) bond motifs is 1. The van der Waals surface area contributed by atoms with Crippen LogP contribution in [0.25, 0.3) is 0 Å². The average Bonchev–Trinajstić information content (AvgIpc) is 3.18. The molecule has 0 saturated heterocycles. The van der Waals surface area contributed by atoms with E-state index in [9.17, 15) is 19.7 Å². The molecular formula is C23H31N5O4. The molecule has 3 rings (SSSR count). The lowest BCUT2D eigenvalue weighted by atomic mass is 9.99. The first kappa shape index (κ1) is 23.3. The maximum atomic E-state index is 13.5. The Morgan fingerprint density at radius 3 is 2.41 bits per heavy atom. The van der Waals surface area contributed by atoms with E-state index in [2.05, 4.69) is 9.88 Å². The van der Waals surface area contributed by atoms with Crippen LogP contribution in [-0.4, -0.2) is 55.9 Å². The van der Waals surface area contributed by atoms with E-state index in [-0.39, 0.29) is 36.3 Å². The third-order valence-corrected chi connectivity index (χ3v) is 5.54. The van der Waals surface area contributed by atoms with E-state index in [0.29, 0.717) is 13.1 Å². The molecule has 1 aromatic carbocycles. The van der Waals surface area contributed by atoms with Gasteiger partial charge in [-0.1, -0.05) is 0 Å². The molecule has 1 N–H and O–H groups in total. The summed E-state index contributed by atoms with van der Waals surface area (Å²) in [5.74, 6) is -0.172. The van der Waals surface area contributed by atoms with Gasteiger partial charge < -0.3 is 19.7 Å². The molecule has 0 radical (unpaired) electrons. The van der Waals surface area contributed by atoms with Crippen LogP contribution in [0.3, 0.4) is 0 Å². The Morgan fingerprint density at radius 1 is 1.19 bits per heavy atom. The number of amides is 3. The van der Waals surface area contributed by atoms with Crippen molar-refractivity contribution in [2.24, 2.45) is 0 Å². The van der Waals surface area contributed by atoms with Crippen molar-refractivity contribution in [1.29, 1.82) is 0 Å². The monoisotopic (exact) mass is 441 g/mol. The zero-order valence-corrected chi connectivity index (χ0v) is 19.2. The number of hydrogen-bond donors (Lipinski definition) is 1. The lowest BCUT2D eigenvalue weighted by molar-refractivity contribution is -0.384. The van der Waals surface area contributed by atoms with Gasteiger partial charge in [0.15, 0.2) is 0 Å². The summed E-state index contributed by atoms with van der Waals surface area (Å²) in [4.78, 5) is 40.3. The molecular weight excluding hydrogens is 410 g/mol. The zero-order chi connectivity index (χ0) is 23.6. The lowest BCUT2D eigenvalue weighted by Crippen LogP contribution is -2.56. The first-order valence-electron chi connectivity index (χ1n) is 10.8. The van der Waals surface area contributed by atoms with Crippen molar-refractivity contribution in [3.8, 4) is 0 Å². The van der Waals surface area contributed by atoms with Gasteiger partial charge in [0, 0.05) is 48.7 Å². The highest BCUT2D eigenvalue weighted by atomic mass is 16.6. The Hall–Kier alpha value is -3.36. The molecule has 0 saturated carbocycles. The van der Waals surface area contributed by atoms with Crippen LogP contribution in [0.15, 0.2) is 42.6 Å². The van der Waals surface area contributed by atoms with E-state index in [1.54, 1.807) is 21.9 Å². The van der Waals surface area contributed by atoms with Crippen molar-refractivity contribution >= 4 is 17.6 Å². The average molecular weight is 442 g/mol. The molecule has 1 aliphatic rings. The van der Waals surface area contributed by atoms with Gasteiger partial charge in [0.2, 0.25) is 5.91 Å². The Morgan fingerprint density at radius 2 is 1.84 bits per heavy atom. The predicted octanol–water partition coefficient (Wildman–Crippen LogP) is 3.55. The molecule has 2 heterocycles. The third kappa shape index (κ3) is 4.92. The zero-order valence-electron chi connectivity index (χ0n) is 19.2. The molecule has 32 heavy (non-hydrogen) atoms. The van der Waals surface area contributed by atoms with Crippen LogP contribution in [0.5, 0.6) is 0 Å². The van der Waals surface area contributed by atoms with Gasteiger partial charge in [0.05, 0.1) is 11.0 Å². The molecule has 1 aromatic heterocycles. The number of non-ortho nitro benzene ring substituents is 1. The molecule has 1 aliphatic heterocycles. The molecule has 0 spiro atoms. The van der Waals surface area contributed by atoms with Gasteiger partial charge >= 0.3 is 6.03 Å². The quantitative estimate of drug-likeness (QED) is 0.566. The number of carbonyl (C=O) groups excluding carboxylic acids is 2. The molecule has 9 nitrogen and oxygen atoms in total. The van der Waals surface area contributed by atoms with Crippen LogP contribution in [0.1, 0.15) is 51.9 Å². The molecule has 9 heteroatoms. The van der Waals surface area contributed by atoms with Crippen LogP contribution in [0.2, 0.25) is 0 Å². The topological polar surface area (TPSA) is 101 Å². The van der Waals surface area contributed by atoms with E-state index >= 15 is 0 Å². The number of nitrogens with zero attached hydrogens (tertiary/aromatic N) is 4. The fourth-order valence-corrected chi connectivity index (χ4v) is 3.95. The second kappa shape index (κ2) is 9.02. The third-order valence-electron chi connectivity index (χ3n) is 5.54. The summed E-state index contributed by atoms with van der Waals surface area (Å²) < 4.78 is 2.09. The van der Waals surface area contributed by atoms with E-state index < -0.39 is 10.5 Å². The minimum atomic E-state index is -0.548. The molecule has 172 valence electrons. The summed E-state index contributed by atoms with van der Waals surface area (Å²) >= 11 is 0. The molecule has 1 atom stereocenters. The SMILES string of the molecule is CC(C)NC(=O)N(CC(=O)N1CCn2cccc2C1c1ccc([N+](=O)[O-])cc1)C(C)(C)C. The minimum absolute atomic E-state index is 0.00193. The Labute approximate surface area is 188 Å². The summed E-state index contributed by atoms with van der Waals surface area (Å²) in [7, 11) is 0. The number of aromatic nitrogens is 1. The van der Waals surface area contributed by atoms with Gasteiger partial charge in [-0.3, -0.25) is 14.9 Å². The van der Waals surface area contributed by atoms with E-state index in [1.165, 1.54) is 12.1 Å². The summed E-state index contributed by atoms with van der Waals surface area (Å²) in [5, 5.41) is 13.9. The Kier molecular flexibility index (Phi) is 6.57. The van der Waals surface area contributed by atoms with Crippen LogP contribution in [-0.2, 0) is 11.3 Å². The summed E-state index contributed by atoms with van der Waals surface area (Å²) in [6.45, 7) is 10.5. The summed E-state index contributed by atoms with van der Waals surface area (Å²) in [6.07, 6.45) is 1.97. The number of carbonyl (C=O) groups is 2. The largest absolute Gasteiger partial charge is 0.348 e. The van der Waals surface area contributed by atoms with Crippen molar-refractivity contribution in [3.05, 3.63) is 64.0 Å². The van der Waals surface area contributed by atoms with Crippen LogP contribution < -0.4 is 5.32 Å². The second-order valence-corrected chi connectivity index (χ2v) is 9.33. The van der Waals surface area contributed by atoms with E-state index in [1.807, 2.05) is 52.9 Å². The van der Waals surface area contributed by atoms with Gasteiger partial charge in [-0.2, -0.15) is 0 Å². The number of hydrogen-bond acceptors (Lipinski definition) is 4. The van der Waals surface area contributed by atoms with Crippen molar-refractivity contribution < 1.29 is 14.5 Å². The smallest absolute Gasteiger partial charge is 0.318 e. The lowest BCUT2D eigenvalue weighted by Gasteiger charge is -2.41. The number of nitro benzene ring substituents is 1. The number of nitro groups is 1. The number of nitrogens with one attached hydrogen (secondary N) is 1. The predicted molar refractivity (Wildman–Crippen MR) is 121 cm³/mol. The van der Waals surface area contributed by atoms with E-state index in [0.717, 1.165) is 11.3 Å². The van der Waals surface area contributed by atoms with Gasteiger partial charge in [0.25, 0.3) is 5.69 Å². The second-order valence-electron chi connectivity index (χ2n) is 9.33. The highest BCUT2D eigenvalue weighted by Crippen LogP contribution is 2.33. The normalized spacial score (nSPS) is 15.9. The van der Waals surface area contributed by atoms with Crippen molar-refractivity contribution in [2.75, 3.05) is 13.1 Å². The summed E-state index contributed by atoms with van der Waals surface area (Å²) in [5.41, 5.74) is 1.18. The fraction of sp³-hybridized carbons (Fsp3) is 0.478. The number of benzene rings is 1. The molecule has 1 unspecified atom stereocenters. The minimum Gasteiger partial charge on any atom is -0.348 e. The van der Waals surface area contributed by atoms with Crippen molar-refractivity contribution in [2.45, 2.75) is 58.8 Å². The summed E-state index contributed by atoms with van der Waals surface area (Å²) in [6, 6.07) is 9.47. The van der Waals surface area contributed by atoms with Gasteiger partial charge in [-0.25, -0.2) is 4.79 Å². The van der Waals surface area contributed by atoms with Crippen molar-refractivity contribution in [3.63, 3.8) is 0 Å². The molecule has 2 aromatic rings. The van der Waals surface area contributed by atoms with Crippen molar-refractivity contribution in [1.82, 2.24) is 19.7 Å². The van der Waals surface area contributed by atoms with Gasteiger partial charge in [0.1, 0.15) is 6.54 Å². The van der Waals surface area contributed by atoms with Crippen LogP contribution in [0.4, 0.5) is 10.5 Å². The Balaban J connectivity index is 1.92. The molecule has 0 aliphatic carbocycles. The van der Waals surface area contributed by atoms with Gasteiger partial charge in [-0.15, -0.1) is 0 Å². The number of rotatable bonds is 5. The molecule has 0 fully saturated rings. The van der Waals surface area contributed by atoms with Gasteiger partial charge in [-0.05, 0) is 64.4 Å². The van der Waals surface area contributed by atoms with Crippen LogP contribution >= 0.6 is 0 Å². The standard InChI is InChI=1S/C23H31N5O4/c1-16(2)24-22(30)27(23(3,4)5)15-20(29)26-14-13-25-12-6-7-19(25)21(26)17-8-10-18(11-9-17)28(31)32/h6-12,16,21H,13-15H2,1-5H3,(H,24,30). The maximum Gasteiger partial charge on any atom is 0.318 e. The molecule has 3 amide bonds.